The number of nitrogens with zero attached hydrogens (tertiary/aromatic N) is 1. The third-order valence-electron chi connectivity index (χ3n) is 5.63. The molecule has 1 heterocycles. The van der Waals surface area contributed by atoms with Gasteiger partial charge in [0.2, 0.25) is 11.8 Å². The highest BCUT2D eigenvalue weighted by Crippen LogP contribution is 2.42. The van der Waals surface area contributed by atoms with Crippen LogP contribution in [0.5, 0.6) is 5.75 Å². The average molecular weight is 637 g/mol. The van der Waals surface area contributed by atoms with Crippen molar-refractivity contribution in [1.29, 1.82) is 5.26 Å². The Morgan fingerprint density at radius 3 is 2.39 bits per heavy atom. The number of methoxy groups -OCH3 is 2. The molecule has 0 unspecified atom stereocenters. The highest BCUT2D eigenvalue weighted by molar-refractivity contribution is 9.10. The van der Waals surface area contributed by atoms with E-state index in [1.807, 2.05) is 26.0 Å². The van der Waals surface area contributed by atoms with Gasteiger partial charge in [-0.2, -0.15) is 5.26 Å². The van der Waals surface area contributed by atoms with E-state index in [1.54, 1.807) is 18.2 Å². The van der Waals surface area contributed by atoms with Crippen LogP contribution < -0.4 is 15.4 Å². The highest BCUT2D eigenvalue weighted by Gasteiger charge is 2.44. The molecule has 2 aromatic carbocycles. The number of carbonyl (C=O) groups excluding carboxylic acids is 3. The van der Waals surface area contributed by atoms with Crippen molar-refractivity contribution < 1.29 is 23.9 Å². The zero-order valence-corrected chi connectivity index (χ0v) is 23.9. The fraction of sp³-hybridized carbons (Fsp3) is 0.280. The number of benzene rings is 2. The normalized spacial score (nSPS) is 17.2. The maximum atomic E-state index is 13.0. The topological polar surface area (TPSA) is 118 Å². The molecule has 0 aromatic heterocycles. The molecule has 8 nitrogen and oxygen atoms in total. The Labute approximate surface area is 230 Å². The number of hydrogen-bond acceptors (Lipinski definition) is 7. The Balaban J connectivity index is 1.93. The van der Waals surface area contributed by atoms with Crippen LogP contribution >= 0.6 is 43.6 Å². The predicted molar refractivity (Wildman–Crippen MR) is 144 cm³/mol. The van der Waals surface area contributed by atoms with Gasteiger partial charge in [0.05, 0.1) is 41.1 Å². The first-order valence-corrected chi connectivity index (χ1v) is 13.2. The SMILES string of the molecule is COC(=O)[C@H]1C(=O)NC(SCC(=O)Nc2c(C)cc(Br)cc2C)=C(C#N)[C@H]1c1ccc(OC)c(Br)c1. The monoisotopic (exact) mass is 635 g/mol. The van der Waals surface area contributed by atoms with Gasteiger partial charge in [0.1, 0.15) is 11.7 Å². The fourth-order valence-electron chi connectivity index (χ4n) is 3.98. The van der Waals surface area contributed by atoms with Crippen molar-refractivity contribution in [3.63, 3.8) is 0 Å². The van der Waals surface area contributed by atoms with E-state index in [1.165, 1.54) is 14.2 Å². The van der Waals surface area contributed by atoms with Crippen LogP contribution in [0.1, 0.15) is 22.6 Å². The van der Waals surface area contributed by atoms with Crippen LogP contribution in [0.2, 0.25) is 0 Å². The lowest BCUT2D eigenvalue weighted by atomic mass is 9.78. The second-order valence-electron chi connectivity index (χ2n) is 7.97. The van der Waals surface area contributed by atoms with Gasteiger partial charge in [-0.3, -0.25) is 14.4 Å². The Morgan fingerprint density at radius 2 is 1.83 bits per heavy atom. The van der Waals surface area contributed by atoms with Crippen LogP contribution in [0, 0.1) is 31.1 Å². The van der Waals surface area contributed by atoms with Gasteiger partial charge < -0.3 is 20.1 Å². The van der Waals surface area contributed by atoms with Crippen molar-refractivity contribution >= 4 is 67.1 Å². The maximum Gasteiger partial charge on any atom is 0.319 e. The molecule has 188 valence electrons. The minimum atomic E-state index is -1.27. The molecule has 3 rings (SSSR count). The van der Waals surface area contributed by atoms with Crippen molar-refractivity contribution in [2.75, 3.05) is 25.3 Å². The number of aryl methyl sites for hydroxylation is 2. The Kier molecular flexibility index (Phi) is 9.22. The number of nitrogens with one attached hydrogen (secondary N) is 2. The summed E-state index contributed by atoms with van der Waals surface area (Å²) < 4.78 is 11.6. The highest BCUT2D eigenvalue weighted by atomic mass is 79.9. The molecule has 0 aliphatic carbocycles. The van der Waals surface area contributed by atoms with E-state index in [4.69, 9.17) is 9.47 Å². The minimum absolute atomic E-state index is 0.0579. The molecule has 0 saturated heterocycles. The molecular formula is C25H23Br2N3O5S. The maximum absolute atomic E-state index is 13.0. The number of ether oxygens (including phenoxy) is 2. The standard InChI is InChI=1S/C25H23Br2N3O5S/c1-12-7-15(26)8-13(2)22(12)29-19(31)11-36-24-16(10-28)20(21(23(32)30-24)25(33)35-4)14-5-6-18(34-3)17(27)9-14/h5-9,20-21H,11H2,1-4H3,(H,29,31)(H,30,32)/t20-,21-/m1/s1. The predicted octanol–water partition coefficient (Wildman–Crippen LogP) is 4.95. The molecule has 2 amide bonds. The first-order valence-electron chi connectivity index (χ1n) is 10.7. The number of amides is 2. The van der Waals surface area contributed by atoms with E-state index in [0.29, 0.717) is 21.5 Å². The number of hydrogen-bond donors (Lipinski definition) is 2. The summed E-state index contributed by atoms with van der Waals surface area (Å²) in [6, 6.07) is 11.0. The van der Waals surface area contributed by atoms with Crippen molar-refractivity contribution in [2.45, 2.75) is 19.8 Å². The quantitative estimate of drug-likeness (QED) is 0.326. The van der Waals surface area contributed by atoms with E-state index in [-0.39, 0.29) is 22.3 Å². The van der Waals surface area contributed by atoms with Crippen LogP contribution in [0.25, 0.3) is 0 Å². The molecule has 36 heavy (non-hydrogen) atoms. The third kappa shape index (κ3) is 5.94. The zero-order chi connectivity index (χ0) is 26.6. The van der Waals surface area contributed by atoms with Gasteiger partial charge in [0, 0.05) is 16.1 Å². The Hall–Kier alpha value is -2.81. The van der Waals surface area contributed by atoms with Crippen LogP contribution in [0.4, 0.5) is 5.69 Å². The molecular weight excluding hydrogens is 614 g/mol. The lowest BCUT2D eigenvalue weighted by Crippen LogP contribution is -2.44. The number of rotatable bonds is 7. The van der Waals surface area contributed by atoms with Gasteiger partial charge in [0.25, 0.3) is 0 Å². The summed E-state index contributed by atoms with van der Waals surface area (Å²) >= 11 is 7.88. The molecule has 2 aromatic rings. The molecule has 1 aliphatic heterocycles. The minimum Gasteiger partial charge on any atom is -0.496 e. The summed E-state index contributed by atoms with van der Waals surface area (Å²) in [5.74, 6) is -3.35. The van der Waals surface area contributed by atoms with Crippen LogP contribution in [-0.4, -0.2) is 37.8 Å². The Morgan fingerprint density at radius 1 is 1.17 bits per heavy atom. The second-order valence-corrected chi connectivity index (χ2v) is 10.7. The summed E-state index contributed by atoms with van der Waals surface area (Å²) in [4.78, 5) is 38.3. The zero-order valence-electron chi connectivity index (χ0n) is 19.9. The first-order chi connectivity index (χ1) is 17.1. The van der Waals surface area contributed by atoms with Crippen molar-refractivity contribution in [1.82, 2.24) is 5.32 Å². The molecule has 0 saturated carbocycles. The van der Waals surface area contributed by atoms with E-state index >= 15 is 0 Å². The van der Waals surface area contributed by atoms with E-state index in [0.717, 1.165) is 27.4 Å². The van der Waals surface area contributed by atoms with E-state index < -0.39 is 23.7 Å². The lowest BCUT2D eigenvalue weighted by molar-refractivity contribution is -0.150. The van der Waals surface area contributed by atoms with Gasteiger partial charge in [0.15, 0.2) is 0 Å². The largest absolute Gasteiger partial charge is 0.496 e. The van der Waals surface area contributed by atoms with Crippen molar-refractivity contribution in [3.8, 4) is 11.8 Å². The summed E-state index contributed by atoms with van der Waals surface area (Å²) in [6.45, 7) is 3.78. The van der Waals surface area contributed by atoms with Gasteiger partial charge >= 0.3 is 5.97 Å². The molecule has 0 fully saturated rings. The van der Waals surface area contributed by atoms with Crippen LogP contribution in [0.15, 0.2) is 49.9 Å². The molecule has 2 atom stereocenters. The number of anilines is 1. The summed E-state index contributed by atoms with van der Waals surface area (Å²) in [6.07, 6.45) is 0. The number of esters is 1. The summed E-state index contributed by atoms with van der Waals surface area (Å²) in [7, 11) is 2.70. The number of halogens is 2. The second kappa shape index (κ2) is 12.0. The first kappa shape index (κ1) is 27.8. The molecule has 2 N–H and O–H groups in total. The fourth-order valence-corrected chi connectivity index (χ4v) is 6.07. The summed E-state index contributed by atoms with van der Waals surface area (Å²) in [5, 5.41) is 15.8. The van der Waals surface area contributed by atoms with Crippen LogP contribution in [0.3, 0.4) is 0 Å². The number of nitriles is 1. The van der Waals surface area contributed by atoms with E-state index in [2.05, 4.69) is 48.6 Å². The third-order valence-corrected chi connectivity index (χ3v) is 7.72. The lowest BCUT2D eigenvalue weighted by Gasteiger charge is -2.31. The van der Waals surface area contributed by atoms with Crippen LogP contribution in [-0.2, 0) is 19.1 Å². The number of carbonyl (C=O) groups is 3. The van der Waals surface area contributed by atoms with Gasteiger partial charge in [-0.1, -0.05) is 33.8 Å². The average Bonchev–Trinajstić information content (AvgIpc) is 2.83. The molecule has 0 bridgehead atoms. The smallest absolute Gasteiger partial charge is 0.319 e. The van der Waals surface area contributed by atoms with Gasteiger partial charge in [-0.25, -0.2) is 0 Å². The number of allylic oxidation sites excluding steroid dienone is 1. The van der Waals surface area contributed by atoms with E-state index in [9.17, 15) is 19.6 Å². The van der Waals surface area contributed by atoms with Crippen molar-refractivity contribution in [3.05, 3.63) is 66.6 Å². The molecule has 0 spiro atoms. The van der Waals surface area contributed by atoms with Gasteiger partial charge in [-0.05, 0) is 70.7 Å². The Bertz CT molecular complexity index is 1280. The van der Waals surface area contributed by atoms with Crippen molar-refractivity contribution in [2.24, 2.45) is 5.92 Å². The molecule has 0 radical (unpaired) electrons. The number of thioether (sulfide) groups is 1. The van der Waals surface area contributed by atoms with Gasteiger partial charge in [-0.15, -0.1) is 0 Å². The molecule has 11 heteroatoms. The summed E-state index contributed by atoms with van der Waals surface area (Å²) in [5.41, 5.74) is 3.21. The molecule has 1 aliphatic rings.